The Kier molecular flexibility index (Phi) is 3.59. The van der Waals surface area contributed by atoms with Crippen LogP contribution in [0.5, 0.6) is 0 Å². The first-order valence-electron chi connectivity index (χ1n) is 4.09. The van der Waals surface area contributed by atoms with E-state index in [2.05, 4.69) is 25.9 Å². The van der Waals surface area contributed by atoms with Gasteiger partial charge < -0.3 is 0 Å². The number of aryl methyl sites for hydroxylation is 1. The van der Waals surface area contributed by atoms with Crippen LogP contribution in [-0.4, -0.2) is 9.97 Å². The molecule has 0 aliphatic heterocycles. The molecule has 0 N–H and O–H groups in total. The normalized spacial score (nSPS) is 11.1. The van der Waals surface area contributed by atoms with Crippen LogP contribution in [0.1, 0.15) is 5.56 Å². The van der Waals surface area contributed by atoms with Crippen molar-refractivity contribution in [2.45, 2.75) is 6.92 Å². The van der Waals surface area contributed by atoms with Crippen molar-refractivity contribution in [1.29, 1.82) is 0 Å². The second-order valence-electron chi connectivity index (χ2n) is 3.07. The fourth-order valence-electron chi connectivity index (χ4n) is 1.37. The molecule has 7 heteroatoms. The third-order valence-electron chi connectivity index (χ3n) is 2.14. The minimum atomic E-state index is -0.476. The van der Waals surface area contributed by atoms with Crippen molar-refractivity contribution in [1.82, 2.24) is 9.97 Å². The SMILES string of the molecule is Cc1c(I)c(Br)c(F)c2nc(Cl)nc(Cl)c12. The number of hydrogen-bond acceptors (Lipinski definition) is 2. The Morgan fingerprint density at radius 1 is 1.31 bits per heavy atom. The lowest BCUT2D eigenvalue weighted by atomic mass is 10.1. The third kappa shape index (κ3) is 1.91. The molecule has 2 rings (SSSR count). The summed E-state index contributed by atoms with van der Waals surface area (Å²) < 4.78 is 15.1. The van der Waals surface area contributed by atoms with Gasteiger partial charge in [-0.1, -0.05) is 11.6 Å². The topological polar surface area (TPSA) is 25.8 Å². The Morgan fingerprint density at radius 2 is 1.94 bits per heavy atom. The summed E-state index contributed by atoms with van der Waals surface area (Å²) in [6.45, 7) is 1.83. The lowest BCUT2D eigenvalue weighted by Crippen LogP contribution is -1.97. The Morgan fingerprint density at radius 3 is 2.56 bits per heavy atom. The molecule has 0 atom stereocenters. The molecule has 0 amide bonds. The van der Waals surface area contributed by atoms with E-state index in [0.29, 0.717) is 9.86 Å². The van der Waals surface area contributed by atoms with E-state index in [-0.39, 0.29) is 16.0 Å². The zero-order chi connectivity index (χ0) is 12.0. The van der Waals surface area contributed by atoms with Gasteiger partial charge in [0, 0.05) is 8.96 Å². The van der Waals surface area contributed by atoms with Crippen molar-refractivity contribution in [3.63, 3.8) is 0 Å². The van der Waals surface area contributed by atoms with Gasteiger partial charge in [-0.2, -0.15) is 0 Å². The van der Waals surface area contributed by atoms with Gasteiger partial charge in [0.2, 0.25) is 5.28 Å². The van der Waals surface area contributed by atoms with Gasteiger partial charge >= 0.3 is 0 Å². The highest BCUT2D eigenvalue weighted by molar-refractivity contribution is 14.1. The predicted octanol–water partition coefficient (Wildman–Crippen LogP) is 4.75. The predicted molar refractivity (Wildman–Crippen MR) is 74.7 cm³/mol. The highest BCUT2D eigenvalue weighted by Gasteiger charge is 2.18. The van der Waals surface area contributed by atoms with Gasteiger partial charge in [0.1, 0.15) is 10.7 Å². The number of nitrogens with zero attached hydrogens (tertiary/aromatic N) is 2. The average Bonchev–Trinajstić information content (AvgIpc) is 2.22. The highest BCUT2D eigenvalue weighted by Crippen LogP contribution is 2.35. The van der Waals surface area contributed by atoms with E-state index in [1.807, 2.05) is 29.5 Å². The summed E-state index contributed by atoms with van der Waals surface area (Å²) in [5, 5.41) is 0.594. The molecule has 1 heterocycles. The molecule has 0 radical (unpaired) electrons. The molecular weight excluding hydrogens is 433 g/mol. The number of fused-ring (bicyclic) bond motifs is 1. The number of aromatic nitrogens is 2. The summed E-state index contributed by atoms with van der Waals surface area (Å²) in [7, 11) is 0. The van der Waals surface area contributed by atoms with Crippen LogP contribution in [0.3, 0.4) is 0 Å². The van der Waals surface area contributed by atoms with Gasteiger partial charge in [-0.05, 0) is 62.6 Å². The first-order chi connectivity index (χ1) is 7.43. The zero-order valence-corrected chi connectivity index (χ0v) is 13.0. The Bertz CT molecular complexity index is 606. The molecule has 0 saturated heterocycles. The Labute approximate surface area is 123 Å². The van der Waals surface area contributed by atoms with Gasteiger partial charge in [0.25, 0.3) is 0 Å². The molecule has 2 nitrogen and oxygen atoms in total. The standard InChI is InChI=1S/C9H3BrCl2FIN2/c1-2-3-7(5(13)4(10)6(2)14)15-9(12)16-8(3)11/h1H3. The maximum atomic E-state index is 13.9. The van der Waals surface area contributed by atoms with Gasteiger partial charge in [-0.25, -0.2) is 14.4 Å². The van der Waals surface area contributed by atoms with Gasteiger partial charge in [-0.3, -0.25) is 0 Å². The molecule has 0 unspecified atom stereocenters. The molecule has 0 fully saturated rings. The maximum Gasteiger partial charge on any atom is 0.224 e. The molecule has 0 aliphatic rings. The number of rotatable bonds is 0. The van der Waals surface area contributed by atoms with Gasteiger partial charge in [-0.15, -0.1) is 0 Å². The number of hydrogen-bond donors (Lipinski definition) is 0. The molecule has 0 bridgehead atoms. The molecule has 0 spiro atoms. The molecule has 1 aromatic carbocycles. The van der Waals surface area contributed by atoms with Crippen LogP contribution < -0.4 is 0 Å². The van der Waals surface area contributed by atoms with Crippen molar-refractivity contribution in [3.8, 4) is 0 Å². The molecule has 2 aromatic rings. The van der Waals surface area contributed by atoms with E-state index >= 15 is 0 Å². The van der Waals surface area contributed by atoms with Crippen LogP contribution in [-0.2, 0) is 0 Å². The first kappa shape index (κ1) is 12.7. The second kappa shape index (κ2) is 4.51. The minimum Gasteiger partial charge on any atom is -0.215 e. The monoisotopic (exact) mass is 434 g/mol. The molecular formula is C9H3BrCl2FIN2. The summed E-state index contributed by atoms with van der Waals surface area (Å²) in [5.41, 5.74) is 0.959. The minimum absolute atomic E-state index is 0.0658. The van der Waals surface area contributed by atoms with Crippen LogP contribution in [0.2, 0.25) is 10.4 Å². The summed E-state index contributed by atoms with van der Waals surface area (Å²) in [5.74, 6) is -0.476. The highest BCUT2D eigenvalue weighted by atomic mass is 127. The summed E-state index contributed by atoms with van der Waals surface area (Å²) >= 11 is 16.8. The summed E-state index contributed by atoms with van der Waals surface area (Å²) in [6.07, 6.45) is 0. The fraction of sp³-hybridized carbons (Fsp3) is 0.111. The van der Waals surface area contributed by atoms with E-state index in [4.69, 9.17) is 23.2 Å². The smallest absolute Gasteiger partial charge is 0.215 e. The fourth-order valence-corrected chi connectivity index (χ4v) is 2.89. The van der Waals surface area contributed by atoms with E-state index in [0.717, 1.165) is 9.13 Å². The first-order valence-corrected chi connectivity index (χ1v) is 6.72. The van der Waals surface area contributed by atoms with Crippen molar-refractivity contribution < 1.29 is 4.39 Å². The van der Waals surface area contributed by atoms with Crippen LogP contribution in [0, 0.1) is 16.3 Å². The zero-order valence-electron chi connectivity index (χ0n) is 7.78. The van der Waals surface area contributed by atoms with Crippen molar-refractivity contribution in [3.05, 3.63) is 29.9 Å². The second-order valence-corrected chi connectivity index (χ2v) is 5.64. The van der Waals surface area contributed by atoms with Gasteiger partial charge in [0.15, 0.2) is 5.82 Å². The number of benzene rings is 1. The quantitative estimate of drug-likeness (QED) is 0.258. The molecule has 0 aliphatic carbocycles. The largest absolute Gasteiger partial charge is 0.224 e. The lowest BCUT2D eigenvalue weighted by Gasteiger charge is -2.09. The van der Waals surface area contributed by atoms with Crippen molar-refractivity contribution >= 4 is 72.6 Å². The molecule has 1 aromatic heterocycles. The summed E-state index contributed by atoms with van der Waals surface area (Å²) in [4.78, 5) is 7.67. The maximum absolute atomic E-state index is 13.9. The summed E-state index contributed by atoms with van der Waals surface area (Å²) in [6, 6.07) is 0. The van der Waals surface area contributed by atoms with E-state index < -0.39 is 5.82 Å². The van der Waals surface area contributed by atoms with Crippen LogP contribution in [0.4, 0.5) is 4.39 Å². The lowest BCUT2D eigenvalue weighted by molar-refractivity contribution is 0.628. The number of halogens is 5. The Hall–Kier alpha value is 0.280. The molecule has 84 valence electrons. The van der Waals surface area contributed by atoms with Crippen molar-refractivity contribution in [2.24, 2.45) is 0 Å². The third-order valence-corrected chi connectivity index (χ3v) is 5.41. The van der Waals surface area contributed by atoms with E-state index in [1.165, 1.54) is 0 Å². The van der Waals surface area contributed by atoms with Gasteiger partial charge in [0.05, 0.1) is 4.47 Å². The van der Waals surface area contributed by atoms with Crippen LogP contribution in [0.15, 0.2) is 4.47 Å². The molecule has 16 heavy (non-hydrogen) atoms. The van der Waals surface area contributed by atoms with Crippen LogP contribution >= 0.6 is 61.7 Å². The van der Waals surface area contributed by atoms with Crippen LogP contribution in [0.25, 0.3) is 10.9 Å². The Balaban J connectivity index is 3.08. The van der Waals surface area contributed by atoms with Crippen molar-refractivity contribution in [2.75, 3.05) is 0 Å². The van der Waals surface area contributed by atoms with E-state index in [9.17, 15) is 4.39 Å². The molecule has 0 saturated carbocycles. The van der Waals surface area contributed by atoms with E-state index in [1.54, 1.807) is 0 Å². The average molecular weight is 436 g/mol.